The zero-order valence-corrected chi connectivity index (χ0v) is 15.9. The quantitative estimate of drug-likeness (QED) is 0.874. The highest BCUT2D eigenvalue weighted by atomic mass is 16.2. The van der Waals surface area contributed by atoms with Gasteiger partial charge in [0.2, 0.25) is 11.8 Å². The van der Waals surface area contributed by atoms with Crippen LogP contribution in [0.25, 0.3) is 0 Å². The van der Waals surface area contributed by atoms with Gasteiger partial charge in [-0.1, -0.05) is 6.07 Å². The van der Waals surface area contributed by atoms with Gasteiger partial charge in [0.15, 0.2) is 0 Å². The number of nitrogens with zero attached hydrogens (tertiary/aromatic N) is 3. The summed E-state index contributed by atoms with van der Waals surface area (Å²) in [6.07, 6.45) is 8.13. The SMILES string of the molecule is CC(C)NC(=O)CN1C(=O)CC[C@@]12CCCN(Cc1cccnc1)CC2. The lowest BCUT2D eigenvalue weighted by Crippen LogP contribution is -2.51. The summed E-state index contributed by atoms with van der Waals surface area (Å²) in [5.41, 5.74) is 1.08. The summed E-state index contributed by atoms with van der Waals surface area (Å²) in [4.78, 5) is 33.2. The Kier molecular flexibility index (Phi) is 5.91. The molecule has 1 aromatic rings. The van der Waals surface area contributed by atoms with Crippen molar-refractivity contribution in [1.29, 1.82) is 0 Å². The van der Waals surface area contributed by atoms with Crippen LogP contribution in [0.2, 0.25) is 0 Å². The number of amides is 2. The number of carbonyl (C=O) groups excluding carboxylic acids is 2. The topological polar surface area (TPSA) is 65.5 Å². The van der Waals surface area contributed by atoms with Crippen molar-refractivity contribution in [2.75, 3.05) is 19.6 Å². The van der Waals surface area contributed by atoms with Crippen LogP contribution in [0.5, 0.6) is 0 Å². The lowest BCUT2D eigenvalue weighted by molar-refractivity contribution is -0.137. The fraction of sp³-hybridized carbons (Fsp3) is 0.650. The Morgan fingerprint density at radius 3 is 2.88 bits per heavy atom. The number of carbonyl (C=O) groups is 2. The number of hydrogen-bond acceptors (Lipinski definition) is 4. The average molecular weight is 358 g/mol. The van der Waals surface area contributed by atoms with Crippen LogP contribution in [0.15, 0.2) is 24.5 Å². The van der Waals surface area contributed by atoms with Gasteiger partial charge >= 0.3 is 0 Å². The van der Waals surface area contributed by atoms with Crippen molar-refractivity contribution in [1.82, 2.24) is 20.1 Å². The van der Waals surface area contributed by atoms with Gasteiger partial charge in [-0.2, -0.15) is 0 Å². The molecule has 1 atom stereocenters. The normalized spacial score (nSPS) is 24.3. The molecule has 3 rings (SSSR count). The molecule has 0 aliphatic carbocycles. The van der Waals surface area contributed by atoms with E-state index in [0.717, 1.165) is 45.3 Å². The summed E-state index contributed by atoms with van der Waals surface area (Å²) in [6.45, 7) is 6.95. The van der Waals surface area contributed by atoms with Crippen molar-refractivity contribution in [2.24, 2.45) is 0 Å². The maximum Gasteiger partial charge on any atom is 0.239 e. The fourth-order valence-corrected chi connectivity index (χ4v) is 4.30. The molecule has 6 nitrogen and oxygen atoms in total. The van der Waals surface area contributed by atoms with Crippen LogP contribution in [-0.2, 0) is 16.1 Å². The van der Waals surface area contributed by atoms with E-state index in [1.165, 1.54) is 5.56 Å². The number of likely N-dealkylation sites (tertiary alicyclic amines) is 2. The molecule has 2 aliphatic heterocycles. The lowest BCUT2D eigenvalue weighted by Gasteiger charge is -2.38. The first-order valence-electron chi connectivity index (χ1n) is 9.70. The van der Waals surface area contributed by atoms with Gasteiger partial charge in [-0.05, 0) is 57.7 Å². The Bertz CT molecular complexity index is 634. The van der Waals surface area contributed by atoms with E-state index in [0.29, 0.717) is 6.42 Å². The summed E-state index contributed by atoms with van der Waals surface area (Å²) < 4.78 is 0. The van der Waals surface area contributed by atoms with Crippen LogP contribution < -0.4 is 5.32 Å². The van der Waals surface area contributed by atoms with Crippen LogP contribution in [0, 0.1) is 0 Å². The van der Waals surface area contributed by atoms with Gasteiger partial charge in [0.1, 0.15) is 6.54 Å². The molecule has 2 amide bonds. The minimum atomic E-state index is -0.144. The van der Waals surface area contributed by atoms with Gasteiger partial charge in [-0.25, -0.2) is 0 Å². The molecule has 142 valence electrons. The Morgan fingerprint density at radius 1 is 1.31 bits per heavy atom. The Balaban J connectivity index is 1.64. The molecule has 2 saturated heterocycles. The zero-order chi connectivity index (χ0) is 18.6. The summed E-state index contributed by atoms with van der Waals surface area (Å²) >= 11 is 0. The van der Waals surface area contributed by atoms with Crippen LogP contribution >= 0.6 is 0 Å². The van der Waals surface area contributed by atoms with E-state index in [-0.39, 0.29) is 29.9 Å². The second-order valence-electron chi connectivity index (χ2n) is 7.92. The Morgan fingerprint density at radius 2 is 2.15 bits per heavy atom. The molecule has 1 spiro atoms. The van der Waals surface area contributed by atoms with E-state index in [1.54, 1.807) is 6.20 Å². The Labute approximate surface area is 156 Å². The second kappa shape index (κ2) is 8.16. The summed E-state index contributed by atoms with van der Waals surface area (Å²) in [5, 5.41) is 2.92. The highest BCUT2D eigenvalue weighted by molar-refractivity contribution is 5.87. The molecule has 1 N–H and O–H groups in total. The van der Waals surface area contributed by atoms with Crippen molar-refractivity contribution < 1.29 is 9.59 Å². The molecule has 26 heavy (non-hydrogen) atoms. The highest BCUT2D eigenvalue weighted by Crippen LogP contribution is 2.39. The third-order valence-electron chi connectivity index (χ3n) is 5.57. The molecular weight excluding hydrogens is 328 g/mol. The monoisotopic (exact) mass is 358 g/mol. The van der Waals surface area contributed by atoms with E-state index in [2.05, 4.69) is 21.3 Å². The highest BCUT2D eigenvalue weighted by Gasteiger charge is 2.46. The molecule has 2 fully saturated rings. The fourth-order valence-electron chi connectivity index (χ4n) is 4.30. The van der Waals surface area contributed by atoms with Crippen molar-refractivity contribution in [3.63, 3.8) is 0 Å². The first-order chi connectivity index (χ1) is 12.5. The minimum absolute atomic E-state index is 0.0499. The van der Waals surface area contributed by atoms with Crippen LogP contribution in [0.1, 0.15) is 51.5 Å². The first-order valence-corrected chi connectivity index (χ1v) is 9.70. The molecule has 0 saturated carbocycles. The minimum Gasteiger partial charge on any atom is -0.352 e. The molecule has 6 heteroatoms. The van der Waals surface area contributed by atoms with Gasteiger partial charge in [0.05, 0.1) is 0 Å². The average Bonchev–Trinajstić information content (AvgIpc) is 2.78. The maximum absolute atomic E-state index is 12.5. The maximum atomic E-state index is 12.5. The molecule has 0 radical (unpaired) electrons. The first kappa shape index (κ1) is 18.8. The second-order valence-corrected chi connectivity index (χ2v) is 7.92. The number of nitrogens with one attached hydrogen (secondary N) is 1. The molecular formula is C20H30N4O2. The van der Waals surface area contributed by atoms with Crippen molar-refractivity contribution >= 4 is 11.8 Å². The smallest absolute Gasteiger partial charge is 0.239 e. The summed E-state index contributed by atoms with van der Waals surface area (Å²) in [6, 6.07) is 4.18. The lowest BCUT2D eigenvalue weighted by atomic mass is 9.87. The van der Waals surface area contributed by atoms with Crippen LogP contribution in [0.4, 0.5) is 0 Å². The van der Waals surface area contributed by atoms with E-state index in [4.69, 9.17) is 0 Å². The van der Waals surface area contributed by atoms with Gasteiger partial charge in [-0.15, -0.1) is 0 Å². The zero-order valence-electron chi connectivity index (χ0n) is 15.9. The largest absolute Gasteiger partial charge is 0.352 e. The Hall–Kier alpha value is -1.95. The molecule has 0 aromatic carbocycles. The third-order valence-corrected chi connectivity index (χ3v) is 5.57. The van der Waals surface area contributed by atoms with Crippen molar-refractivity contribution in [2.45, 2.75) is 64.1 Å². The predicted octanol–water partition coefficient (Wildman–Crippen LogP) is 1.95. The number of aromatic nitrogens is 1. The molecule has 2 aliphatic rings. The van der Waals surface area contributed by atoms with E-state index >= 15 is 0 Å². The van der Waals surface area contributed by atoms with Gasteiger partial charge in [0, 0.05) is 43.5 Å². The van der Waals surface area contributed by atoms with E-state index < -0.39 is 0 Å². The van der Waals surface area contributed by atoms with Crippen molar-refractivity contribution in [3.05, 3.63) is 30.1 Å². The van der Waals surface area contributed by atoms with Crippen LogP contribution in [0.3, 0.4) is 0 Å². The van der Waals surface area contributed by atoms with E-state index in [1.807, 2.05) is 31.0 Å². The number of pyridine rings is 1. The predicted molar refractivity (Wildman–Crippen MR) is 100 cm³/mol. The summed E-state index contributed by atoms with van der Waals surface area (Å²) in [5.74, 6) is 0.0794. The third kappa shape index (κ3) is 4.41. The molecule has 0 bridgehead atoms. The number of rotatable bonds is 5. The van der Waals surface area contributed by atoms with Gasteiger partial charge in [-0.3, -0.25) is 19.5 Å². The van der Waals surface area contributed by atoms with E-state index in [9.17, 15) is 9.59 Å². The molecule has 0 unspecified atom stereocenters. The van der Waals surface area contributed by atoms with Gasteiger partial charge in [0.25, 0.3) is 0 Å². The van der Waals surface area contributed by atoms with Crippen molar-refractivity contribution in [3.8, 4) is 0 Å². The van der Waals surface area contributed by atoms with Crippen LogP contribution in [-0.4, -0.2) is 57.8 Å². The standard InChI is InChI=1S/C20H30N4O2/c1-16(2)22-18(25)15-24-19(26)6-8-20(24)7-4-11-23(12-9-20)14-17-5-3-10-21-13-17/h3,5,10,13,16H,4,6-9,11-12,14-15H2,1-2H3,(H,22,25)/t20-/m1/s1. The number of hydrogen-bond donors (Lipinski definition) is 1. The molecule has 1 aromatic heterocycles. The molecule has 3 heterocycles. The van der Waals surface area contributed by atoms with Gasteiger partial charge < -0.3 is 10.2 Å². The summed E-state index contributed by atoms with van der Waals surface area (Å²) in [7, 11) is 0.